The fourth-order valence-corrected chi connectivity index (χ4v) is 6.79. The molecule has 0 radical (unpaired) electrons. The van der Waals surface area contributed by atoms with Gasteiger partial charge in [0.05, 0.1) is 16.6 Å². The number of esters is 1. The first kappa shape index (κ1) is 25.4. The largest absolute Gasteiger partial charge is 0.449 e. The van der Waals surface area contributed by atoms with E-state index >= 15 is 0 Å². The number of benzene rings is 1. The zero-order chi connectivity index (χ0) is 26.1. The van der Waals surface area contributed by atoms with Gasteiger partial charge in [0.1, 0.15) is 11.1 Å². The van der Waals surface area contributed by atoms with E-state index in [0.29, 0.717) is 28.6 Å². The molecule has 192 valence electrons. The summed E-state index contributed by atoms with van der Waals surface area (Å²) < 4.78 is 5.76. The predicted molar refractivity (Wildman–Crippen MR) is 145 cm³/mol. The maximum Gasteiger partial charge on any atom is 0.339 e. The molecule has 1 aliphatic carbocycles. The van der Waals surface area contributed by atoms with Crippen molar-refractivity contribution in [1.29, 1.82) is 5.26 Å². The standard InChI is InChI=1S/C29H32N4O3S/c1-4-12-33-13-11-24-22(16-33)26(20-7-5-6-8-23(20)31-24)29(35)36-18(3)27(34)32-28-21(15-30)19-10-9-17(2)14-25(19)37-28/h5-8,17-18H,4,9-14,16H2,1-3H3,(H,32,34). The van der Waals surface area contributed by atoms with Crippen molar-refractivity contribution < 1.29 is 14.3 Å². The quantitative estimate of drug-likeness (QED) is 0.450. The van der Waals surface area contributed by atoms with Crippen LogP contribution in [0.1, 0.15) is 71.2 Å². The second kappa shape index (κ2) is 10.6. The molecule has 2 aliphatic rings. The number of ether oxygens (including phenoxy) is 1. The van der Waals surface area contributed by atoms with Crippen LogP contribution in [0.25, 0.3) is 10.9 Å². The molecule has 3 heterocycles. The first-order valence-electron chi connectivity index (χ1n) is 13.1. The Morgan fingerprint density at radius 1 is 1.30 bits per heavy atom. The molecule has 8 heteroatoms. The fraction of sp³-hybridized carbons (Fsp3) is 0.448. The Morgan fingerprint density at radius 3 is 2.89 bits per heavy atom. The third-order valence-corrected chi connectivity index (χ3v) is 8.55. The third kappa shape index (κ3) is 4.98. The molecule has 2 aromatic heterocycles. The second-order valence-corrected chi connectivity index (χ2v) is 11.3. The molecule has 0 bridgehead atoms. The number of aromatic nitrogens is 1. The molecule has 7 nitrogen and oxygen atoms in total. The van der Waals surface area contributed by atoms with Gasteiger partial charge in [0.15, 0.2) is 6.10 Å². The van der Waals surface area contributed by atoms with Crippen molar-refractivity contribution >= 4 is 39.1 Å². The number of hydrogen-bond acceptors (Lipinski definition) is 7. The Hall–Kier alpha value is -3.28. The number of hydrogen-bond donors (Lipinski definition) is 1. The van der Waals surface area contributed by atoms with Crippen LogP contribution >= 0.6 is 11.3 Å². The predicted octanol–water partition coefficient (Wildman–Crippen LogP) is 5.24. The summed E-state index contributed by atoms with van der Waals surface area (Å²) in [5.41, 5.74) is 4.67. The normalized spacial score (nSPS) is 17.9. The minimum atomic E-state index is -1.02. The van der Waals surface area contributed by atoms with Crippen molar-refractivity contribution in [2.75, 3.05) is 18.4 Å². The summed E-state index contributed by atoms with van der Waals surface area (Å²) in [5.74, 6) is -0.387. The molecule has 1 aromatic carbocycles. The molecule has 3 aromatic rings. The number of amides is 1. The molecule has 0 spiro atoms. The van der Waals surface area contributed by atoms with Crippen LogP contribution in [0.5, 0.6) is 0 Å². The number of thiophene rings is 1. The van der Waals surface area contributed by atoms with Gasteiger partial charge in [-0.3, -0.25) is 14.7 Å². The lowest BCUT2D eigenvalue weighted by atomic mass is 9.88. The number of rotatable bonds is 6. The highest BCUT2D eigenvalue weighted by atomic mass is 32.1. The van der Waals surface area contributed by atoms with Crippen molar-refractivity contribution in [2.24, 2.45) is 5.92 Å². The second-order valence-electron chi connectivity index (χ2n) is 10.2. The molecule has 37 heavy (non-hydrogen) atoms. The minimum Gasteiger partial charge on any atom is -0.449 e. The van der Waals surface area contributed by atoms with Gasteiger partial charge in [-0.1, -0.05) is 32.0 Å². The maximum atomic E-state index is 13.6. The topological polar surface area (TPSA) is 95.3 Å². The molecule has 2 unspecified atom stereocenters. The van der Waals surface area contributed by atoms with Crippen molar-refractivity contribution in [3.63, 3.8) is 0 Å². The van der Waals surface area contributed by atoms with Gasteiger partial charge in [0.25, 0.3) is 5.91 Å². The van der Waals surface area contributed by atoms with Gasteiger partial charge in [-0.2, -0.15) is 5.26 Å². The van der Waals surface area contributed by atoms with Crippen molar-refractivity contribution in [2.45, 2.75) is 65.5 Å². The van der Waals surface area contributed by atoms with Crippen LogP contribution in [0, 0.1) is 17.2 Å². The van der Waals surface area contributed by atoms with Crippen LogP contribution in [-0.4, -0.2) is 41.0 Å². The molecule has 5 rings (SSSR count). The summed E-state index contributed by atoms with van der Waals surface area (Å²) in [5, 5.41) is 13.9. The van der Waals surface area contributed by atoms with E-state index in [-0.39, 0.29) is 0 Å². The van der Waals surface area contributed by atoms with E-state index in [1.54, 1.807) is 6.92 Å². The highest BCUT2D eigenvalue weighted by Crippen LogP contribution is 2.39. The van der Waals surface area contributed by atoms with E-state index < -0.39 is 18.0 Å². The summed E-state index contributed by atoms with van der Waals surface area (Å²) in [6.07, 6.45) is 3.60. The summed E-state index contributed by atoms with van der Waals surface area (Å²) >= 11 is 1.47. The molecule has 0 saturated heterocycles. The molecule has 1 amide bonds. The van der Waals surface area contributed by atoms with Crippen LogP contribution in [-0.2, 0) is 35.3 Å². The lowest BCUT2D eigenvalue weighted by Crippen LogP contribution is -2.34. The number of pyridine rings is 1. The Kier molecular flexibility index (Phi) is 7.27. The van der Waals surface area contributed by atoms with E-state index in [0.717, 1.165) is 72.9 Å². The number of carbonyl (C=O) groups is 2. The average molecular weight is 517 g/mol. The van der Waals surface area contributed by atoms with Crippen LogP contribution in [0.15, 0.2) is 24.3 Å². The molecule has 0 fully saturated rings. The zero-order valence-electron chi connectivity index (χ0n) is 21.6. The highest BCUT2D eigenvalue weighted by Gasteiger charge is 2.30. The van der Waals surface area contributed by atoms with Gasteiger partial charge in [-0.15, -0.1) is 11.3 Å². The summed E-state index contributed by atoms with van der Waals surface area (Å²) in [7, 11) is 0. The number of para-hydroxylation sites is 1. The third-order valence-electron chi connectivity index (χ3n) is 7.38. The summed E-state index contributed by atoms with van der Waals surface area (Å²) in [4.78, 5) is 35.0. The fourth-order valence-electron chi connectivity index (χ4n) is 5.43. The molecular formula is C29H32N4O3S. The van der Waals surface area contributed by atoms with Crippen molar-refractivity contribution in [3.05, 3.63) is 57.1 Å². The van der Waals surface area contributed by atoms with Crippen LogP contribution < -0.4 is 5.32 Å². The summed E-state index contributed by atoms with van der Waals surface area (Å²) in [6, 6.07) is 9.87. The Morgan fingerprint density at radius 2 is 2.11 bits per heavy atom. The molecule has 1 aliphatic heterocycles. The first-order chi connectivity index (χ1) is 17.9. The number of nitrogens with zero attached hydrogens (tertiary/aromatic N) is 3. The Bertz CT molecular complexity index is 1410. The van der Waals surface area contributed by atoms with Gasteiger partial charge in [0.2, 0.25) is 0 Å². The molecule has 2 atom stereocenters. The number of nitriles is 1. The van der Waals surface area contributed by atoms with Gasteiger partial charge in [-0.25, -0.2) is 4.79 Å². The van der Waals surface area contributed by atoms with Crippen molar-refractivity contribution in [3.8, 4) is 6.07 Å². The molecular weight excluding hydrogens is 484 g/mol. The molecule has 0 saturated carbocycles. The number of carbonyl (C=O) groups excluding carboxylic acids is 2. The minimum absolute atomic E-state index is 0.434. The number of anilines is 1. The average Bonchev–Trinajstić information content (AvgIpc) is 3.23. The lowest BCUT2D eigenvalue weighted by Gasteiger charge is -2.29. The van der Waals surface area contributed by atoms with Gasteiger partial charge in [0, 0.05) is 41.0 Å². The number of nitrogens with one attached hydrogen (secondary N) is 1. The van der Waals surface area contributed by atoms with Crippen molar-refractivity contribution in [1.82, 2.24) is 9.88 Å². The van der Waals surface area contributed by atoms with Gasteiger partial charge in [-0.05, 0) is 56.7 Å². The van der Waals surface area contributed by atoms with E-state index in [2.05, 4.69) is 30.1 Å². The highest BCUT2D eigenvalue weighted by molar-refractivity contribution is 7.16. The SMILES string of the molecule is CCCN1CCc2nc3ccccc3c(C(=O)OC(C)C(=O)Nc3sc4c(c3C#N)CCC(C)C4)c2C1. The van der Waals surface area contributed by atoms with E-state index in [4.69, 9.17) is 9.72 Å². The van der Waals surface area contributed by atoms with E-state index in [1.807, 2.05) is 24.3 Å². The molecule has 1 N–H and O–H groups in total. The Labute approximate surface area is 221 Å². The zero-order valence-corrected chi connectivity index (χ0v) is 22.4. The van der Waals surface area contributed by atoms with Gasteiger partial charge < -0.3 is 10.1 Å². The first-order valence-corrected chi connectivity index (χ1v) is 13.9. The van der Waals surface area contributed by atoms with Crippen LogP contribution in [0.4, 0.5) is 5.00 Å². The smallest absolute Gasteiger partial charge is 0.339 e. The maximum absolute atomic E-state index is 13.6. The van der Waals surface area contributed by atoms with Crippen LogP contribution in [0.2, 0.25) is 0 Å². The van der Waals surface area contributed by atoms with E-state index in [1.165, 1.54) is 16.2 Å². The monoisotopic (exact) mass is 516 g/mol. The van der Waals surface area contributed by atoms with Gasteiger partial charge >= 0.3 is 5.97 Å². The number of fused-ring (bicyclic) bond motifs is 3. The summed E-state index contributed by atoms with van der Waals surface area (Å²) in [6.45, 7) is 8.42. The Balaban J connectivity index is 1.39. The van der Waals surface area contributed by atoms with E-state index in [9.17, 15) is 14.9 Å². The lowest BCUT2D eigenvalue weighted by molar-refractivity contribution is -0.123. The van der Waals surface area contributed by atoms with Crippen LogP contribution in [0.3, 0.4) is 0 Å².